The summed E-state index contributed by atoms with van der Waals surface area (Å²) < 4.78 is 0. The van der Waals surface area contributed by atoms with E-state index in [1.807, 2.05) is 35.0 Å². The SMILES string of the molecule is N#Cc1ccc(-c2csc(NN=C3CCCC3)n2)cc1.N#Cc1ccc(-c2csc(NN=C3CCCC3)n2)cc1. The fourth-order valence-electron chi connectivity index (χ4n) is 4.39. The minimum atomic E-state index is 0.662. The van der Waals surface area contributed by atoms with Crippen molar-refractivity contribution >= 4 is 44.4 Å². The molecular formula is C30H28N8S2. The second-order valence-electron chi connectivity index (χ2n) is 9.45. The molecule has 2 heterocycles. The van der Waals surface area contributed by atoms with Gasteiger partial charge in [-0.15, -0.1) is 22.7 Å². The Hall–Kier alpha value is -4.38. The average Bonchev–Trinajstić information content (AvgIpc) is 3.83. The maximum absolute atomic E-state index is 8.79. The zero-order valence-corrected chi connectivity index (χ0v) is 23.6. The molecule has 2 aliphatic rings. The van der Waals surface area contributed by atoms with E-state index in [9.17, 15) is 0 Å². The monoisotopic (exact) mass is 564 g/mol. The third-order valence-electron chi connectivity index (χ3n) is 6.61. The lowest BCUT2D eigenvalue weighted by Gasteiger charge is -1.97. The third kappa shape index (κ3) is 7.38. The Balaban J connectivity index is 0.000000161. The smallest absolute Gasteiger partial charge is 0.203 e. The molecule has 2 saturated carbocycles. The number of benzene rings is 2. The van der Waals surface area contributed by atoms with Crippen molar-refractivity contribution in [2.75, 3.05) is 10.9 Å². The van der Waals surface area contributed by atoms with Crippen LogP contribution in [0.4, 0.5) is 10.3 Å². The largest absolute Gasteiger partial charge is 0.253 e. The summed E-state index contributed by atoms with van der Waals surface area (Å²) in [4.78, 5) is 9.03. The van der Waals surface area contributed by atoms with Crippen LogP contribution in [0.5, 0.6) is 0 Å². The normalized spacial score (nSPS) is 14.1. The van der Waals surface area contributed by atoms with Crippen LogP contribution in [0.2, 0.25) is 0 Å². The van der Waals surface area contributed by atoms with E-state index < -0.39 is 0 Å². The molecule has 0 spiro atoms. The molecule has 8 nitrogen and oxygen atoms in total. The van der Waals surface area contributed by atoms with Gasteiger partial charge in [0.25, 0.3) is 0 Å². The molecule has 2 aromatic carbocycles. The Kier molecular flexibility index (Phi) is 9.25. The van der Waals surface area contributed by atoms with Crippen LogP contribution in [0.3, 0.4) is 0 Å². The van der Waals surface area contributed by atoms with Crippen LogP contribution < -0.4 is 10.9 Å². The molecule has 4 aromatic rings. The molecule has 2 fully saturated rings. The van der Waals surface area contributed by atoms with Gasteiger partial charge in [0, 0.05) is 33.3 Å². The van der Waals surface area contributed by atoms with Crippen LogP contribution in [0.15, 0.2) is 69.5 Å². The molecule has 0 atom stereocenters. The summed E-state index contributed by atoms with van der Waals surface area (Å²) in [5.41, 5.74) is 13.7. The van der Waals surface area contributed by atoms with Gasteiger partial charge in [-0.1, -0.05) is 24.3 Å². The van der Waals surface area contributed by atoms with Gasteiger partial charge in [0.2, 0.25) is 10.3 Å². The van der Waals surface area contributed by atoms with E-state index in [2.05, 4.69) is 43.2 Å². The number of hydrogen-bond donors (Lipinski definition) is 2. The molecule has 0 aliphatic heterocycles. The molecule has 2 N–H and O–H groups in total. The molecule has 6 rings (SSSR count). The fourth-order valence-corrected chi connectivity index (χ4v) is 5.71. The Bertz CT molecular complexity index is 1430. The zero-order valence-electron chi connectivity index (χ0n) is 21.9. The number of nitriles is 2. The van der Waals surface area contributed by atoms with Gasteiger partial charge in [0.15, 0.2) is 0 Å². The predicted octanol–water partition coefficient (Wildman–Crippen LogP) is 8.05. The second-order valence-corrected chi connectivity index (χ2v) is 11.2. The van der Waals surface area contributed by atoms with Gasteiger partial charge in [-0.3, -0.25) is 10.9 Å². The molecule has 200 valence electrons. The maximum Gasteiger partial charge on any atom is 0.203 e. The van der Waals surface area contributed by atoms with Crippen LogP contribution in [0, 0.1) is 22.7 Å². The van der Waals surface area contributed by atoms with Crippen molar-refractivity contribution in [3.63, 3.8) is 0 Å². The van der Waals surface area contributed by atoms with E-state index in [0.717, 1.165) is 58.5 Å². The first-order valence-corrected chi connectivity index (χ1v) is 15.0. The van der Waals surface area contributed by atoms with Crippen molar-refractivity contribution in [3.05, 3.63) is 70.4 Å². The number of hydrogen-bond acceptors (Lipinski definition) is 10. The number of anilines is 2. The van der Waals surface area contributed by atoms with Crippen LogP contribution in [-0.4, -0.2) is 21.4 Å². The molecular weight excluding hydrogens is 537 g/mol. The standard InChI is InChI=1S/2C15H14N4S/c2*16-9-11-5-7-12(8-6-11)14-10-20-15(17-14)19-18-13-3-1-2-4-13/h2*5-8,10H,1-4H2,(H,17,19). The van der Waals surface area contributed by atoms with Gasteiger partial charge in [-0.05, 0) is 75.6 Å². The molecule has 0 radical (unpaired) electrons. The first-order valence-electron chi connectivity index (χ1n) is 13.3. The average molecular weight is 565 g/mol. The number of hydrazone groups is 2. The molecule has 0 saturated heterocycles. The predicted molar refractivity (Wildman–Crippen MR) is 164 cm³/mol. The fraction of sp³-hybridized carbons (Fsp3) is 0.267. The van der Waals surface area contributed by atoms with E-state index in [-0.39, 0.29) is 0 Å². The number of thiazole rings is 2. The number of aromatic nitrogens is 2. The van der Waals surface area contributed by atoms with Gasteiger partial charge in [-0.2, -0.15) is 20.7 Å². The molecule has 2 aromatic heterocycles. The van der Waals surface area contributed by atoms with Crippen molar-refractivity contribution in [1.29, 1.82) is 10.5 Å². The van der Waals surface area contributed by atoms with E-state index in [1.54, 1.807) is 46.9 Å². The van der Waals surface area contributed by atoms with Crippen molar-refractivity contribution in [3.8, 4) is 34.7 Å². The van der Waals surface area contributed by atoms with E-state index in [1.165, 1.54) is 37.1 Å². The Morgan fingerprint density at radius 2 is 0.975 bits per heavy atom. The summed E-state index contributed by atoms with van der Waals surface area (Å²) in [5, 5.41) is 32.0. The Labute approximate surface area is 241 Å². The highest BCUT2D eigenvalue weighted by Crippen LogP contribution is 2.27. The first kappa shape index (κ1) is 27.2. The quantitative estimate of drug-likeness (QED) is 0.228. The van der Waals surface area contributed by atoms with Gasteiger partial charge in [0.1, 0.15) is 0 Å². The third-order valence-corrected chi connectivity index (χ3v) is 8.10. The molecule has 10 heteroatoms. The van der Waals surface area contributed by atoms with E-state index >= 15 is 0 Å². The van der Waals surface area contributed by atoms with Crippen molar-refractivity contribution in [1.82, 2.24) is 9.97 Å². The van der Waals surface area contributed by atoms with Gasteiger partial charge < -0.3 is 0 Å². The summed E-state index contributed by atoms with van der Waals surface area (Å²) in [6, 6.07) is 19.1. The van der Waals surface area contributed by atoms with Gasteiger partial charge in [0.05, 0.1) is 34.7 Å². The maximum atomic E-state index is 8.79. The summed E-state index contributed by atoms with van der Waals surface area (Å²) in [5.74, 6) is 0. The molecule has 2 aliphatic carbocycles. The van der Waals surface area contributed by atoms with Gasteiger partial charge >= 0.3 is 0 Å². The van der Waals surface area contributed by atoms with Crippen molar-refractivity contribution in [2.24, 2.45) is 10.2 Å². The highest BCUT2D eigenvalue weighted by molar-refractivity contribution is 7.14. The highest BCUT2D eigenvalue weighted by atomic mass is 32.1. The Morgan fingerprint density at radius 1 is 0.600 bits per heavy atom. The second kappa shape index (κ2) is 13.6. The minimum absolute atomic E-state index is 0.662. The first-order chi connectivity index (χ1) is 19.7. The molecule has 0 unspecified atom stereocenters. The van der Waals surface area contributed by atoms with Crippen LogP contribution in [0.25, 0.3) is 22.5 Å². The van der Waals surface area contributed by atoms with E-state index in [4.69, 9.17) is 10.5 Å². The topological polar surface area (TPSA) is 122 Å². The van der Waals surface area contributed by atoms with Crippen molar-refractivity contribution < 1.29 is 0 Å². The molecule has 40 heavy (non-hydrogen) atoms. The molecule has 0 amide bonds. The van der Waals surface area contributed by atoms with Crippen molar-refractivity contribution in [2.45, 2.75) is 51.4 Å². The summed E-state index contributed by atoms with van der Waals surface area (Å²) in [6.45, 7) is 0. The van der Waals surface area contributed by atoms with E-state index in [0.29, 0.717) is 11.1 Å². The van der Waals surface area contributed by atoms with Crippen LogP contribution in [-0.2, 0) is 0 Å². The highest BCUT2D eigenvalue weighted by Gasteiger charge is 2.10. The lowest BCUT2D eigenvalue weighted by molar-refractivity contribution is 0.886. The summed E-state index contributed by atoms with van der Waals surface area (Å²) >= 11 is 3.09. The minimum Gasteiger partial charge on any atom is -0.253 e. The van der Waals surface area contributed by atoms with Crippen LogP contribution >= 0.6 is 22.7 Å². The van der Waals surface area contributed by atoms with Gasteiger partial charge in [-0.25, -0.2) is 9.97 Å². The summed E-state index contributed by atoms with van der Waals surface area (Å²) in [6.07, 6.45) is 9.37. The lowest BCUT2D eigenvalue weighted by atomic mass is 10.1. The summed E-state index contributed by atoms with van der Waals surface area (Å²) in [7, 11) is 0. The van der Waals surface area contributed by atoms with Crippen LogP contribution in [0.1, 0.15) is 62.5 Å². The lowest BCUT2D eigenvalue weighted by Crippen LogP contribution is -1.95. The number of nitrogens with zero attached hydrogens (tertiary/aromatic N) is 6. The number of rotatable bonds is 6. The zero-order chi connectivity index (χ0) is 27.6. The molecule has 0 bridgehead atoms. The Morgan fingerprint density at radius 3 is 1.32 bits per heavy atom. The number of nitrogens with one attached hydrogen (secondary N) is 2.